The molecule has 0 heterocycles. The first-order valence-corrected chi connectivity index (χ1v) is 7.00. The second-order valence-electron chi connectivity index (χ2n) is 6.01. The van der Waals surface area contributed by atoms with E-state index in [4.69, 9.17) is 5.84 Å². The number of nitrogen functional groups attached to an aromatic ring is 1. The van der Waals surface area contributed by atoms with Crippen LogP contribution in [0.15, 0.2) is 22.7 Å². The minimum absolute atomic E-state index is 0.264. The molecular weight excluding hydrogens is 306 g/mol. The average molecular weight is 328 g/mol. The Hall–Kier alpha value is -0.910. The normalized spacial score (nSPS) is 11.7. The third kappa shape index (κ3) is 5.30. The Morgan fingerprint density at radius 3 is 2.53 bits per heavy atom. The fraction of sp³-hybridized carbons (Fsp3) is 0.500. The topological polar surface area (TPSA) is 58.4 Å². The fourth-order valence-corrected chi connectivity index (χ4v) is 2.56. The van der Waals surface area contributed by atoms with Crippen molar-refractivity contribution in [2.45, 2.75) is 27.3 Å². The summed E-state index contributed by atoms with van der Waals surface area (Å²) in [5.74, 6) is 4.84. The van der Waals surface area contributed by atoms with Crippen LogP contribution in [0.1, 0.15) is 36.7 Å². The molecule has 19 heavy (non-hydrogen) atoms. The highest BCUT2D eigenvalue weighted by Crippen LogP contribution is 2.22. The van der Waals surface area contributed by atoms with Crippen molar-refractivity contribution in [1.82, 2.24) is 10.3 Å². The zero-order valence-electron chi connectivity index (χ0n) is 12.0. The van der Waals surface area contributed by atoms with Crippen LogP contribution in [0.3, 0.4) is 0 Å². The van der Waals surface area contributed by atoms with E-state index in [9.17, 15) is 4.79 Å². The number of rotatable bonds is 4. The number of hydrogen-bond acceptors (Lipinski definition) is 3. The standard InChI is InChI=1S/C14H22BrN3O/c1-14(2,3)9-18(4)8-11-6-5-10(7-12(11)15)13(19)17-16/h5-7H,8-9,16H2,1-4H3,(H,17,19). The van der Waals surface area contributed by atoms with Crippen molar-refractivity contribution >= 4 is 21.8 Å². The maximum Gasteiger partial charge on any atom is 0.265 e. The molecule has 1 aromatic rings. The van der Waals surface area contributed by atoms with Crippen LogP contribution in [0.25, 0.3) is 0 Å². The summed E-state index contributed by atoms with van der Waals surface area (Å²) in [5.41, 5.74) is 4.10. The Morgan fingerprint density at radius 2 is 2.05 bits per heavy atom. The molecule has 0 saturated heterocycles. The molecule has 0 aromatic heterocycles. The largest absolute Gasteiger partial charge is 0.302 e. The summed E-state index contributed by atoms with van der Waals surface area (Å²) in [5, 5.41) is 0. The zero-order valence-corrected chi connectivity index (χ0v) is 13.5. The summed E-state index contributed by atoms with van der Waals surface area (Å²) in [6, 6.07) is 5.53. The molecule has 0 bridgehead atoms. The third-order valence-electron chi connectivity index (χ3n) is 2.63. The molecule has 3 N–H and O–H groups in total. The fourth-order valence-electron chi connectivity index (χ4n) is 2.06. The van der Waals surface area contributed by atoms with Gasteiger partial charge in [-0.3, -0.25) is 10.2 Å². The molecule has 0 spiro atoms. The van der Waals surface area contributed by atoms with Gasteiger partial charge in [0.2, 0.25) is 0 Å². The van der Waals surface area contributed by atoms with E-state index in [0.29, 0.717) is 5.56 Å². The monoisotopic (exact) mass is 327 g/mol. The summed E-state index contributed by atoms with van der Waals surface area (Å²) in [6.45, 7) is 8.49. The highest BCUT2D eigenvalue weighted by molar-refractivity contribution is 9.10. The van der Waals surface area contributed by atoms with Gasteiger partial charge in [-0.25, -0.2) is 5.84 Å². The van der Waals surface area contributed by atoms with Crippen molar-refractivity contribution < 1.29 is 4.79 Å². The van der Waals surface area contributed by atoms with Gasteiger partial charge in [-0.05, 0) is 30.2 Å². The Kier molecular flexibility index (Phi) is 5.52. The molecule has 0 aliphatic carbocycles. The van der Waals surface area contributed by atoms with Crippen LogP contribution >= 0.6 is 15.9 Å². The predicted molar refractivity (Wildman–Crippen MR) is 81.6 cm³/mol. The van der Waals surface area contributed by atoms with Crippen molar-refractivity contribution in [3.05, 3.63) is 33.8 Å². The minimum Gasteiger partial charge on any atom is -0.302 e. The summed E-state index contributed by atoms with van der Waals surface area (Å²) in [7, 11) is 2.10. The van der Waals surface area contributed by atoms with Crippen LogP contribution in [-0.4, -0.2) is 24.4 Å². The summed E-state index contributed by atoms with van der Waals surface area (Å²) < 4.78 is 0.925. The lowest BCUT2D eigenvalue weighted by Crippen LogP contribution is -2.30. The Balaban J connectivity index is 2.78. The number of carbonyl (C=O) groups is 1. The summed E-state index contributed by atoms with van der Waals surface area (Å²) in [6.07, 6.45) is 0. The smallest absolute Gasteiger partial charge is 0.265 e. The lowest BCUT2D eigenvalue weighted by Gasteiger charge is -2.26. The summed E-state index contributed by atoms with van der Waals surface area (Å²) in [4.78, 5) is 13.7. The van der Waals surface area contributed by atoms with Gasteiger partial charge < -0.3 is 4.90 Å². The van der Waals surface area contributed by atoms with E-state index in [-0.39, 0.29) is 11.3 Å². The van der Waals surface area contributed by atoms with Gasteiger partial charge in [0.15, 0.2) is 0 Å². The predicted octanol–water partition coefficient (Wildman–Crippen LogP) is 2.53. The van der Waals surface area contributed by atoms with Crippen LogP contribution in [0, 0.1) is 5.41 Å². The SMILES string of the molecule is CN(Cc1ccc(C(=O)NN)cc1Br)CC(C)(C)C. The molecule has 5 heteroatoms. The molecular formula is C14H22BrN3O. The van der Waals surface area contributed by atoms with Gasteiger partial charge in [0.1, 0.15) is 0 Å². The molecule has 0 aliphatic heterocycles. The maximum absolute atomic E-state index is 11.4. The quantitative estimate of drug-likeness (QED) is 0.507. The number of carbonyl (C=O) groups excluding carboxylic acids is 1. The molecule has 0 radical (unpaired) electrons. The molecule has 0 fully saturated rings. The molecule has 1 amide bonds. The van der Waals surface area contributed by atoms with E-state index in [1.165, 1.54) is 0 Å². The first-order chi connectivity index (χ1) is 8.73. The second-order valence-corrected chi connectivity index (χ2v) is 6.87. The van der Waals surface area contributed by atoms with Gasteiger partial charge in [-0.1, -0.05) is 42.8 Å². The zero-order chi connectivity index (χ0) is 14.6. The number of benzene rings is 1. The number of hydrogen-bond donors (Lipinski definition) is 2. The lowest BCUT2D eigenvalue weighted by molar-refractivity contribution is 0.0953. The van der Waals surface area contributed by atoms with Gasteiger partial charge in [0.25, 0.3) is 5.91 Å². The van der Waals surface area contributed by atoms with Crippen LogP contribution in [0.5, 0.6) is 0 Å². The second kappa shape index (κ2) is 6.50. The van der Waals surface area contributed by atoms with Crippen LogP contribution < -0.4 is 11.3 Å². The Morgan fingerprint density at radius 1 is 1.42 bits per heavy atom. The lowest BCUT2D eigenvalue weighted by atomic mass is 9.96. The number of hydrazine groups is 1. The molecule has 106 valence electrons. The highest BCUT2D eigenvalue weighted by Gasteiger charge is 2.15. The molecule has 1 rings (SSSR count). The third-order valence-corrected chi connectivity index (χ3v) is 3.37. The van der Waals surface area contributed by atoms with E-state index in [0.717, 1.165) is 23.1 Å². The van der Waals surface area contributed by atoms with Crippen LogP contribution in [-0.2, 0) is 6.54 Å². The van der Waals surface area contributed by atoms with Crippen molar-refractivity contribution in [3.8, 4) is 0 Å². The van der Waals surface area contributed by atoms with E-state index in [1.807, 2.05) is 6.07 Å². The van der Waals surface area contributed by atoms with Crippen molar-refractivity contribution in [3.63, 3.8) is 0 Å². The van der Waals surface area contributed by atoms with Crippen molar-refractivity contribution in [2.75, 3.05) is 13.6 Å². The van der Waals surface area contributed by atoms with E-state index >= 15 is 0 Å². The van der Waals surface area contributed by atoms with Gasteiger partial charge in [0.05, 0.1) is 0 Å². The minimum atomic E-state index is -0.282. The molecule has 4 nitrogen and oxygen atoms in total. The molecule has 0 saturated carbocycles. The number of amides is 1. The van der Waals surface area contributed by atoms with Gasteiger partial charge >= 0.3 is 0 Å². The molecule has 0 aliphatic rings. The van der Waals surface area contributed by atoms with Crippen LogP contribution in [0.2, 0.25) is 0 Å². The van der Waals surface area contributed by atoms with Gasteiger partial charge in [-0.2, -0.15) is 0 Å². The van der Waals surface area contributed by atoms with Gasteiger partial charge in [-0.15, -0.1) is 0 Å². The van der Waals surface area contributed by atoms with Crippen molar-refractivity contribution in [1.29, 1.82) is 0 Å². The highest BCUT2D eigenvalue weighted by atomic mass is 79.9. The number of nitrogens with two attached hydrogens (primary N) is 1. The molecule has 0 atom stereocenters. The number of nitrogens with zero attached hydrogens (tertiary/aromatic N) is 1. The molecule has 1 aromatic carbocycles. The van der Waals surface area contributed by atoms with Crippen LogP contribution in [0.4, 0.5) is 0 Å². The first kappa shape index (κ1) is 16.1. The number of halogens is 1. The van der Waals surface area contributed by atoms with E-state index < -0.39 is 0 Å². The Bertz CT molecular complexity index is 454. The van der Waals surface area contributed by atoms with Gasteiger partial charge in [0, 0.05) is 23.1 Å². The van der Waals surface area contributed by atoms with Crippen molar-refractivity contribution in [2.24, 2.45) is 11.3 Å². The number of nitrogens with one attached hydrogen (secondary N) is 1. The first-order valence-electron chi connectivity index (χ1n) is 6.21. The van der Waals surface area contributed by atoms with E-state index in [1.54, 1.807) is 12.1 Å². The molecule has 0 unspecified atom stereocenters. The average Bonchev–Trinajstić information content (AvgIpc) is 2.28. The maximum atomic E-state index is 11.4. The summed E-state index contributed by atoms with van der Waals surface area (Å²) >= 11 is 3.51. The van der Waals surface area contributed by atoms with E-state index in [2.05, 4.69) is 54.1 Å². The Labute approximate surface area is 123 Å².